The minimum Gasteiger partial charge on any atom is -0.369 e. The number of hydrogen-bond acceptors (Lipinski definition) is 5. The minimum absolute atomic E-state index is 0.0110. The lowest BCUT2D eigenvalue weighted by Gasteiger charge is -2.23. The number of sulfonamides is 1. The fraction of sp³-hybridized carbons (Fsp3) is 0.375. The van der Waals surface area contributed by atoms with E-state index in [1.54, 1.807) is 26.1 Å². The molecule has 0 saturated heterocycles. The maximum atomic E-state index is 12.7. The standard InChI is InChI=1S/C16H21Cl2N5O3S/c1-11-20-16(14(15(19)24)22(11)2)21-27(25,26)13-5-3-12(4-6-13)23(9-7-17)10-8-18/h3-6,21H,7-10H2,1-2H3,(H2,19,24). The average Bonchev–Trinajstić information content (AvgIpc) is 2.88. The second-order valence-corrected chi connectivity index (χ2v) is 8.18. The first-order valence-electron chi connectivity index (χ1n) is 8.04. The maximum absolute atomic E-state index is 12.7. The van der Waals surface area contributed by atoms with Crippen LogP contribution in [-0.4, -0.2) is 48.7 Å². The number of primary amides is 1. The molecule has 1 aromatic carbocycles. The van der Waals surface area contributed by atoms with E-state index in [4.69, 9.17) is 28.9 Å². The van der Waals surface area contributed by atoms with Gasteiger partial charge in [0.1, 0.15) is 5.82 Å². The first-order chi connectivity index (χ1) is 12.7. The molecule has 0 aliphatic rings. The van der Waals surface area contributed by atoms with Crippen molar-refractivity contribution in [2.24, 2.45) is 12.8 Å². The van der Waals surface area contributed by atoms with Crippen molar-refractivity contribution in [3.05, 3.63) is 35.8 Å². The van der Waals surface area contributed by atoms with Gasteiger partial charge in [-0.05, 0) is 31.2 Å². The minimum atomic E-state index is -3.94. The maximum Gasteiger partial charge on any atom is 0.269 e. The third-order valence-electron chi connectivity index (χ3n) is 4.00. The molecule has 2 aromatic rings. The van der Waals surface area contributed by atoms with Crippen molar-refractivity contribution >= 4 is 50.6 Å². The van der Waals surface area contributed by atoms with Crippen molar-refractivity contribution in [2.75, 3.05) is 34.5 Å². The molecule has 3 N–H and O–H groups in total. The molecule has 148 valence electrons. The van der Waals surface area contributed by atoms with Crippen molar-refractivity contribution < 1.29 is 13.2 Å². The van der Waals surface area contributed by atoms with Gasteiger partial charge in [0.2, 0.25) is 0 Å². The van der Waals surface area contributed by atoms with Crippen LogP contribution in [0.3, 0.4) is 0 Å². The van der Waals surface area contributed by atoms with Gasteiger partial charge in [0.25, 0.3) is 15.9 Å². The number of carbonyl (C=O) groups excluding carboxylic acids is 1. The summed E-state index contributed by atoms with van der Waals surface area (Å²) in [6.45, 7) is 2.82. The monoisotopic (exact) mass is 433 g/mol. The molecule has 2 rings (SSSR count). The van der Waals surface area contributed by atoms with Crippen molar-refractivity contribution in [3.63, 3.8) is 0 Å². The highest BCUT2D eigenvalue weighted by atomic mass is 35.5. The van der Waals surface area contributed by atoms with Gasteiger partial charge in [-0.3, -0.25) is 9.52 Å². The number of imidazole rings is 1. The van der Waals surface area contributed by atoms with Crippen molar-refractivity contribution in [2.45, 2.75) is 11.8 Å². The van der Waals surface area contributed by atoms with Crippen LogP contribution in [0, 0.1) is 6.92 Å². The Labute approximate surface area is 168 Å². The van der Waals surface area contributed by atoms with Gasteiger partial charge < -0.3 is 15.2 Å². The zero-order valence-corrected chi connectivity index (χ0v) is 17.3. The molecule has 0 atom stereocenters. The average molecular weight is 434 g/mol. The van der Waals surface area contributed by atoms with Crippen LogP contribution in [0.5, 0.6) is 0 Å². The lowest BCUT2D eigenvalue weighted by atomic mass is 10.3. The Morgan fingerprint density at radius 2 is 1.78 bits per heavy atom. The number of benzene rings is 1. The van der Waals surface area contributed by atoms with E-state index in [0.717, 1.165) is 5.69 Å². The third-order valence-corrected chi connectivity index (χ3v) is 5.70. The summed E-state index contributed by atoms with van der Waals surface area (Å²) in [5.74, 6) is 0.428. The smallest absolute Gasteiger partial charge is 0.269 e. The molecule has 0 radical (unpaired) electrons. The SMILES string of the molecule is Cc1nc(NS(=O)(=O)c2ccc(N(CCCl)CCCl)cc2)c(C(N)=O)n1C. The zero-order valence-electron chi connectivity index (χ0n) is 14.9. The molecular formula is C16H21Cl2N5O3S. The molecule has 0 aliphatic carbocycles. The topological polar surface area (TPSA) is 110 Å². The molecule has 0 spiro atoms. The molecular weight excluding hydrogens is 413 g/mol. The summed E-state index contributed by atoms with van der Waals surface area (Å²) in [5.41, 5.74) is 6.13. The van der Waals surface area contributed by atoms with E-state index in [2.05, 4.69) is 9.71 Å². The highest BCUT2D eigenvalue weighted by molar-refractivity contribution is 7.92. The predicted molar refractivity (Wildman–Crippen MR) is 107 cm³/mol. The molecule has 0 unspecified atom stereocenters. The number of halogens is 2. The van der Waals surface area contributed by atoms with Crippen LogP contribution in [0.4, 0.5) is 11.5 Å². The summed E-state index contributed by atoms with van der Waals surface area (Å²) >= 11 is 11.6. The van der Waals surface area contributed by atoms with Crippen LogP contribution in [0.25, 0.3) is 0 Å². The Morgan fingerprint density at radius 1 is 1.22 bits per heavy atom. The van der Waals surface area contributed by atoms with E-state index in [9.17, 15) is 13.2 Å². The zero-order chi connectivity index (χ0) is 20.2. The van der Waals surface area contributed by atoms with E-state index < -0.39 is 15.9 Å². The fourth-order valence-corrected chi connectivity index (χ4v) is 3.98. The molecule has 0 bridgehead atoms. The van der Waals surface area contributed by atoms with E-state index in [-0.39, 0.29) is 16.4 Å². The van der Waals surface area contributed by atoms with Gasteiger partial charge in [0, 0.05) is 37.6 Å². The molecule has 0 saturated carbocycles. The third kappa shape index (κ3) is 4.85. The Kier molecular flexibility index (Phi) is 6.96. The molecule has 1 amide bonds. The highest BCUT2D eigenvalue weighted by Gasteiger charge is 2.23. The number of aromatic nitrogens is 2. The van der Waals surface area contributed by atoms with E-state index in [1.165, 1.54) is 16.7 Å². The number of rotatable bonds is 9. The summed E-state index contributed by atoms with van der Waals surface area (Å²) in [7, 11) is -2.36. The van der Waals surface area contributed by atoms with Gasteiger partial charge in [-0.2, -0.15) is 0 Å². The van der Waals surface area contributed by atoms with Crippen LogP contribution in [0.1, 0.15) is 16.3 Å². The van der Waals surface area contributed by atoms with E-state index in [1.807, 2.05) is 4.90 Å². The van der Waals surface area contributed by atoms with Crippen molar-refractivity contribution in [1.29, 1.82) is 0 Å². The van der Waals surface area contributed by atoms with Gasteiger partial charge in [0.05, 0.1) is 4.90 Å². The van der Waals surface area contributed by atoms with Crippen molar-refractivity contribution in [3.8, 4) is 0 Å². The fourth-order valence-electron chi connectivity index (χ4n) is 2.56. The Bertz CT molecular complexity index is 907. The second kappa shape index (κ2) is 8.81. The van der Waals surface area contributed by atoms with Gasteiger partial charge in [-0.25, -0.2) is 13.4 Å². The molecule has 1 heterocycles. The van der Waals surface area contributed by atoms with E-state index in [0.29, 0.717) is 30.7 Å². The Morgan fingerprint density at radius 3 is 2.26 bits per heavy atom. The van der Waals surface area contributed by atoms with E-state index >= 15 is 0 Å². The summed E-state index contributed by atoms with van der Waals surface area (Å²) in [6, 6.07) is 6.28. The molecule has 1 aromatic heterocycles. The van der Waals surface area contributed by atoms with Crippen LogP contribution in [0.2, 0.25) is 0 Å². The van der Waals surface area contributed by atoms with Gasteiger partial charge in [0.15, 0.2) is 11.5 Å². The first-order valence-corrected chi connectivity index (χ1v) is 10.6. The summed E-state index contributed by atoms with van der Waals surface area (Å²) in [4.78, 5) is 17.7. The molecule has 11 heteroatoms. The van der Waals surface area contributed by atoms with Gasteiger partial charge in [-0.1, -0.05) is 0 Å². The lowest BCUT2D eigenvalue weighted by Crippen LogP contribution is -2.27. The molecule has 27 heavy (non-hydrogen) atoms. The largest absolute Gasteiger partial charge is 0.369 e. The quantitative estimate of drug-likeness (QED) is 0.586. The Hall–Kier alpha value is -1.97. The highest BCUT2D eigenvalue weighted by Crippen LogP contribution is 2.22. The lowest BCUT2D eigenvalue weighted by molar-refractivity contribution is 0.0993. The van der Waals surface area contributed by atoms with Crippen LogP contribution in [-0.2, 0) is 17.1 Å². The second-order valence-electron chi connectivity index (χ2n) is 5.74. The normalized spacial score (nSPS) is 11.4. The van der Waals surface area contributed by atoms with Gasteiger partial charge in [-0.15, -0.1) is 23.2 Å². The Balaban J connectivity index is 2.30. The predicted octanol–water partition coefficient (Wildman–Crippen LogP) is 1.91. The summed E-state index contributed by atoms with van der Waals surface area (Å²) in [6.07, 6.45) is 0. The number of aryl methyl sites for hydroxylation is 1. The number of nitrogens with zero attached hydrogens (tertiary/aromatic N) is 3. The number of alkyl halides is 2. The molecule has 0 fully saturated rings. The first kappa shape index (κ1) is 21.3. The van der Waals surface area contributed by atoms with Crippen molar-refractivity contribution in [1.82, 2.24) is 9.55 Å². The van der Waals surface area contributed by atoms with Gasteiger partial charge >= 0.3 is 0 Å². The number of nitrogens with two attached hydrogens (primary N) is 1. The van der Waals surface area contributed by atoms with Crippen LogP contribution >= 0.6 is 23.2 Å². The number of hydrogen-bond donors (Lipinski definition) is 2. The summed E-state index contributed by atoms with van der Waals surface area (Å²) < 4.78 is 29.1. The molecule has 8 nitrogen and oxygen atoms in total. The number of carbonyl (C=O) groups is 1. The molecule has 0 aliphatic heterocycles. The number of anilines is 2. The van der Waals surface area contributed by atoms with Crippen LogP contribution < -0.4 is 15.4 Å². The van der Waals surface area contributed by atoms with Crippen LogP contribution in [0.15, 0.2) is 29.2 Å². The number of amides is 1. The summed E-state index contributed by atoms with van der Waals surface area (Å²) in [5, 5.41) is 0. The number of nitrogens with one attached hydrogen (secondary N) is 1.